The van der Waals surface area contributed by atoms with Crippen molar-refractivity contribution in [3.63, 3.8) is 0 Å². The lowest BCUT2D eigenvalue weighted by molar-refractivity contribution is 0.262. The van der Waals surface area contributed by atoms with Crippen molar-refractivity contribution in [3.05, 3.63) is 151 Å². The van der Waals surface area contributed by atoms with E-state index >= 15 is 0 Å². The molecule has 1 heterocycles. The van der Waals surface area contributed by atoms with E-state index in [9.17, 15) is 0 Å². The minimum Gasteiger partial charge on any atom is -0.464 e. The molecule has 0 aliphatic carbocycles. The van der Waals surface area contributed by atoms with Crippen LogP contribution in [0.1, 0.15) is 11.8 Å². The summed E-state index contributed by atoms with van der Waals surface area (Å²) >= 11 is 0. The third-order valence-corrected chi connectivity index (χ3v) is 7.84. The van der Waals surface area contributed by atoms with Gasteiger partial charge in [-0.3, -0.25) is 0 Å². The fourth-order valence-electron chi connectivity index (χ4n) is 6.01. The van der Waals surface area contributed by atoms with E-state index in [0.717, 1.165) is 44.8 Å². The van der Waals surface area contributed by atoms with Gasteiger partial charge in [0.2, 0.25) is 0 Å². The SMILES string of the molecule is c1ccc(C2Nc3c(c4c(N(c5ccccc5)c5ccc6ccccc6c5)cccc4c4ccccc34)O2)cc1. The third kappa shape index (κ3) is 3.59. The molecule has 0 amide bonds. The molecule has 0 radical (unpaired) electrons. The third-order valence-electron chi connectivity index (χ3n) is 7.84. The number of anilines is 4. The van der Waals surface area contributed by atoms with Crippen LogP contribution in [0.3, 0.4) is 0 Å². The van der Waals surface area contributed by atoms with E-state index < -0.39 is 0 Å². The number of benzene rings is 7. The Morgan fingerprint density at radius 2 is 1.20 bits per heavy atom. The first-order valence-corrected chi connectivity index (χ1v) is 13.6. The monoisotopic (exact) mass is 514 g/mol. The molecule has 0 bridgehead atoms. The standard InChI is InChI=1S/C37H26N2O/c1-3-13-26(14-4-1)37-38-35-32-19-10-9-18-30(32)31-20-11-21-33(34(31)36(35)40-37)39(28-16-5-2-6-17-28)29-23-22-25-12-7-8-15-27(25)24-29/h1-24,37-38H. The van der Waals surface area contributed by atoms with Gasteiger partial charge in [-0.25, -0.2) is 0 Å². The van der Waals surface area contributed by atoms with Crippen LogP contribution >= 0.6 is 0 Å². The number of hydrogen-bond acceptors (Lipinski definition) is 3. The molecule has 8 rings (SSSR count). The van der Waals surface area contributed by atoms with Gasteiger partial charge in [-0.15, -0.1) is 0 Å². The molecule has 0 aromatic heterocycles. The second kappa shape index (κ2) is 9.18. The number of rotatable bonds is 4. The number of fused-ring (bicyclic) bond motifs is 7. The maximum Gasteiger partial charge on any atom is 0.196 e. The number of para-hydroxylation sites is 1. The Morgan fingerprint density at radius 1 is 0.525 bits per heavy atom. The zero-order chi connectivity index (χ0) is 26.5. The van der Waals surface area contributed by atoms with Gasteiger partial charge >= 0.3 is 0 Å². The molecular weight excluding hydrogens is 488 g/mol. The van der Waals surface area contributed by atoms with Gasteiger partial charge in [0.05, 0.1) is 16.8 Å². The second-order valence-electron chi connectivity index (χ2n) is 10.2. The van der Waals surface area contributed by atoms with Crippen molar-refractivity contribution in [1.82, 2.24) is 0 Å². The average Bonchev–Trinajstić information content (AvgIpc) is 3.48. The maximum atomic E-state index is 6.81. The first kappa shape index (κ1) is 22.7. The van der Waals surface area contributed by atoms with E-state index in [1.165, 1.54) is 21.5 Å². The van der Waals surface area contributed by atoms with E-state index in [0.29, 0.717) is 0 Å². The molecule has 1 N–H and O–H groups in total. The summed E-state index contributed by atoms with van der Waals surface area (Å²) in [6.07, 6.45) is -0.260. The second-order valence-corrected chi connectivity index (χ2v) is 10.2. The first-order chi connectivity index (χ1) is 19.8. The summed E-state index contributed by atoms with van der Waals surface area (Å²) in [5.74, 6) is 0.889. The molecule has 190 valence electrons. The van der Waals surface area contributed by atoms with Gasteiger partial charge in [0.1, 0.15) is 0 Å². The normalized spacial score (nSPS) is 14.2. The van der Waals surface area contributed by atoms with E-state index in [2.05, 4.69) is 150 Å². The quantitative estimate of drug-likeness (QED) is 0.237. The van der Waals surface area contributed by atoms with Gasteiger partial charge < -0.3 is 15.0 Å². The van der Waals surface area contributed by atoms with Crippen LogP contribution in [0.2, 0.25) is 0 Å². The van der Waals surface area contributed by atoms with Crippen LogP contribution in [-0.4, -0.2) is 0 Å². The molecule has 1 atom stereocenters. The van der Waals surface area contributed by atoms with Crippen molar-refractivity contribution in [2.45, 2.75) is 6.23 Å². The van der Waals surface area contributed by atoms with Crippen LogP contribution in [0.25, 0.3) is 32.3 Å². The van der Waals surface area contributed by atoms with Crippen molar-refractivity contribution in [1.29, 1.82) is 0 Å². The van der Waals surface area contributed by atoms with Gasteiger partial charge in [0.25, 0.3) is 0 Å². The summed E-state index contributed by atoms with van der Waals surface area (Å²) in [6.45, 7) is 0. The summed E-state index contributed by atoms with van der Waals surface area (Å²) in [7, 11) is 0. The highest BCUT2D eigenvalue weighted by atomic mass is 16.5. The lowest BCUT2D eigenvalue weighted by Gasteiger charge is -2.28. The zero-order valence-electron chi connectivity index (χ0n) is 21.8. The number of nitrogens with one attached hydrogen (secondary N) is 1. The molecule has 0 saturated heterocycles. The van der Waals surface area contributed by atoms with Crippen LogP contribution in [0.5, 0.6) is 5.75 Å². The highest BCUT2D eigenvalue weighted by Gasteiger charge is 2.30. The van der Waals surface area contributed by atoms with Gasteiger partial charge in [0.15, 0.2) is 12.0 Å². The number of nitrogens with zero attached hydrogens (tertiary/aromatic N) is 1. The maximum absolute atomic E-state index is 6.81. The molecular formula is C37H26N2O. The molecule has 0 spiro atoms. The Kier molecular flexibility index (Phi) is 5.20. The van der Waals surface area contributed by atoms with E-state index in [4.69, 9.17) is 4.74 Å². The zero-order valence-corrected chi connectivity index (χ0v) is 21.8. The minimum absolute atomic E-state index is 0.260. The fourth-order valence-corrected chi connectivity index (χ4v) is 6.01. The van der Waals surface area contributed by atoms with Gasteiger partial charge in [-0.2, -0.15) is 0 Å². The van der Waals surface area contributed by atoms with Crippen LogP contribution < -0.4 is 15.0 Å². The van der Waals surface area contributed by atoms with Crippen LogP contribution in [-0.2, 0) is 0 Å². The molecule has 7 aromatic carbocycles. The van der Waals surface area contributed by atoms with E-state index in [1.54, 1.807) is 0 Å². The lowest BCUT2D eigenvalue weighted by atomic mass is 9.97. The summed E-state index contributed by atoms with van der Waals surface area (Å²) in [5, 5.41) is 10.8. The van der Waals surface area contributed by atoms with E-state index in [-0.39, 0.29) is 6.23 Å². The van der Waals surface area contributed by atoms with Crippen molar-refractivity contribution < 1.29 is 4.74 Å². The van der Waals surface area contributed by atoms with Crippen molar-refractivity contribution >= 4 is 55.1 Å². The Hall–Kier alpha value is -5.28. The molecule has 1 aliphatic heterocycles. The molecule has 1 aliphatic rings. The van der Waals surface area contributed by atoms with Crippen molar-refractivity contribution in [2.24, 2.45) is 0 Å². The van der Waals surface area contributed by atoms with Gasteiger partial charge in [-0.05, 0) is 51.9 Å². The molecule has 1 unspecified atom stereocenters. The Bertz CT molecular complexity index is 2020. The Morgan fingerprint density at radius 3 is 2.02 bits per heavy atom. The molecule has 40 heavy (non-hydrogen) atoms. The smallest absolute Gasteiger partial charge is 0.196 e. The van der Waals surface area contributed by atoms with Crippen LogP contribution in [0.4, 0.5) is 22.7 Å². The molecule has 3 heteroatoms. The van der Waals surface area contributed by atoms with Gasteiger partial charge in [0, 0.05) is 22.3 Å². The summed E-state index contributed by atoms with van der Waals surface area (Å²) in [5.41, 5.74) is 5.41. The molecule has 3 nitrogen and oxygen atoms in total. The predicted molar refractivity (Wildman–Crippen MR) is 167 cm³/mol. The van der Waals surface area contributed by atoms with Crippen LogP contribution in [0, 0.1) is 0 Å². The highest BCUT2D eigenvalue weighted by Crippen LogP contribution is 2.53. The number of hydrogen-bond donors (Lipinski definition) is 1. The van der Waals surface area contributed by atoms with Crippen molar-refractivity contribution in [2.75, 3.05) is 10.2 Å². The predicted octanol–water partition coefficient (Wildman–Crippen LogP) is 10.1. The Balaban J connectivity index is 1.42. The summed E-state index contributed by atoms with van der Waals surface area (Å²) in [4.78, 5) is 2.35. The highest BCUT2D eigenvalue weighted by molar-refractivity contribution is 6.21. The lowest BCUT2D eigenvalue weighted by Crippen LogP contribution is -2.11. The largest absolute Gasteiger partial charge is 0.464 e. The minimum atomic E-state index is -0.260. The molecule has 7 aromatic rings. The average molecular weight is 515 g/mol. The Labute approximate surface area is 232 Å². The molecule has 0 fully saturated rings. The molecule has 0 saturated carbocycles. The topological polar surface area (TPSA) is 24.5 Å². The van der Waals surface area contributed by atoms with Gasteiger partial charge in [-0.1, -0.05) is 115 Å². The fraction of sp³-hybridized carbons (Fsp3) is 0.0270. The summed E-state index contributed by atoms with van der Waals surface area (Å²) in [6, 6.07) is 51.3. The first-order valence-electron chi connectivity index (χ1n) is 13.6. The number of ether oxygens (including phenoxy) is 1. The summed E-state index contributed by atoms with van der Waals surface area (Å²) < 4.78 is 6.81. The van der Waals surface area contributed by atoms with Crippen molar-refractivity contribution in [3.8, 4) is 5.75 Å². The van der Waals surface area contributed by atoms with E-state index in [1.807, 2.05) is 6.07 Å². The van der Waals surface area contributed by atoms with Crippen LogP contribution in [0.15, 0.2) is 146 Å².